The molecule has 316 valence electrons. The molecular formula is C60H39N4OPt-. The van der Waals surface area contributed by atoms with Crippen LogP contribution in [0.2, 0.25) is 0 Å². The van der Waals surface area contributed by atoms with Crippen LogP contribution in [0.1, 0.15) is 0 Å². The number of phenols is 1. The van der Waals surface area contributed by atoms with Crippen LogP contribution in [0.5, 0.6) is 5.75 Å². The van der Waals surface area contributed by atoms with Crippen molar-refractivity contribution in [1.82, 2.24) is 19.1 Å². The topological polar surface area (TPSA) is 55.9 Å². The first-order valence-corrected chi connectivity index (χ1v) is 21.8. The average Bonchev–Trinajstić information content (AvgIpc) is 3.94. The summed E-state index contributed by atoms with van der Waals surface area (Å²) in [5.74, 6) is 0.793. The summed E-state index contributed by atoms with van der Waals surface area (Å²) in [6.45, 7) is 0. The SMILES string of the molecule is Oc1ccccc1-c1nc2c(-c3[c-]c(-c4cc(-c5ccc(-c6ccccc6)cc5)ccn4)cc4c5ccccc5n(-c5ccccc5)c34)cccc2n1-c1ccccc1-c1ccccc1.[Pt]. The fourth-order valence-corrected chi connectivity index (χ4v) is 9.37. The minimum Gasteiger partial charge on any atom is -0.507 e. The van der Waals surface area contributed by atoms with Gasteiger partial charge in [-0.05, 0) is 87.3 Å². The molecule has 0 spiro atoms. The van der Waals surface area contributed by atoms with E-state index in [1.54, 1.807) is 6.07 Å². The molecule has 0 saturated carbocycles. The summed E-state index contributed by atoms with van der Waals surface area (Å²) in [5, 5.41) is 13.7. The van der Waals surface area contributed by atoms with E-state index in [1.165, 1.54) is 11.1 Å². The number of rotatable bonds is 8. The molecule has 12 rings (SSSR count). The quantitative estimate of drug-likeness (QED) is 0.154. The van der Waals surface area contributed by atoms with Gasteiger partial charge in [-0.1, -0.05) is 192 Å². The number of phenolic OH excluding ortho intramolecular Hbond substituents is 1. The zero-order chi connectivity index (χ0) is 43.3. The van der Waals surface area contributed by atoms with E-state index in [9.17, 15) is 5.11 Å². The first-order chi connectivity index (χ1) is 32.2. The molecule has 66 heavy (non-hydrogen) atoms. The van der Waals surface area contributed by atoms with Crippen LogP contribution < -0.4 is 0 Å². The van der Waals surface area contributed by atoms with Crippen LogP contribution in [0.25, 0.3) is 111 Å². The third-order valence-corrected chi connectivity index (χ3v) is 12.4. The largest absolute Gasteiger partial charge is 0.507 e. The monoisotopic (exact) mass is 1030 g/mol. The van der Waals surface area contributed by atoms with Gasteiger partial charge in [0.15, 0.2) is 0 Å². The molecule has 3 heterocycles. The van der Waals surface area contributed by atoms with Crippen molar-refractivity contribution in [1.29, 1.82) is 0 Å². The summed E-state index contributed by atoms with van der Waals surface area (Å²) in [6, 6.07) is 81.4. The summed E-state index contributed by atoms with van der Waals surface area (Å²) >= 11 is 0. The Bertz CT molecular complexity index is 3710. The molecule has 12 aromatic rings. The third-order valence-electron chi connectivity index (χ3n) is 12.4. The summed E-state index contributed by atoms with van der Waals surface area (Å²) in [5.41, 5.74) is 16.6. The van der Waals surface area contributed by atoms with E-state index in [4.69, 9.17) is 9.97 Å². The van der Waals surface area contributed by atoms with Gasteiger partial charge in [-0.15, -0.1) is 12.1 Å². The number of imidazole rings is 1. The van der Waals surface area contributed by atoms with Crippen molar-refractivity contribution in [2.75, 3.05) is 0 Å². The molecule has 0 saturated heterocycles. The summed E-state index contributed by atoms with van der Waals surface area (Å²) in [6.07, 6.45) is 1.89. The molecule has 3 aromatic heterocycles. The number of benzene rings is 9. The Morgan fingerprint density at radius 3 is 1.79 bits per heavy atom. The van der Waals surface area contributed by atoms with Gasteiger partial charge in [0.2, 0.25) is 0 Å². The summed E-state index contributed by atoms with van der Waals surface area (Å²) < 4.78 is 4.54. The fourth-order valence-electron chi connectivity index (χ4n) is 9.37. The van der Waals surface area contributed by atoms with Gasteiger partial charge >= 0.3 is 0 Å². The van der Waals surface area contributed by atoms with Crippen LogP contribution in [0.4, 0.5) is 0 Å². The second-order valence-electron chi connectivity index (χ2n) is 16.2. The van der Waals surface area contributed by atoms with Gasteiger partial charge < -0.3 is 9.67 Å². The molecule has 0 atom stereocenters. The van der Waals surface area contributed by atoms with Crippen molar-refractivity contribution in [3.63, 3.8) is 0 Å². The number of aromatic hydroxyl groups is 1. The standard InChI is InChI=1S/C60H39N4O.Pt/c65-57-30-15-12-25-50(57)60-62-58-49(26-16-29-56(58)64(60)54-27-13-10-23-47(54)43-19-6-2-7-20-43)52-38-45(37-51-48-24-11-14-28-55(48)63(59(51)52)46-21-8-3-9-22-46)53-39-44(35-36-61-53)42-33-31-41(32-34-42)40-17-4-1-5-18-40;/h1-37,39,65H;/q-1;. The maximum absolute atomic E-state index is 11.5. The Balaban J connectivity index is 0.00000481. The van der Waals surface area contributed by atoms with Crippen molar-refractivity contribution in [3.8, 4) is 84.3 Å². The smallest absolute Gasteiger partial charge is 0.148 e. The molecule has 0 unspecified atom stereocenters. The van der Waals surface area contributed by atoms with Crippen molar-refractivity contribution < 1.29 is 26.2 Å². The predicted octanol–water partition coefficient (Wildman–Crippen LogP) is 15.0. The van der Waals surface area contributed by atoms with Crippen molar-refractivity contribution in [3.05, 3.63) is 237 Å². The van der Waals surface area contributed by atoms with Crippen LogP contribution >= 0.6 is 0 Å². The van der Waals surface area contributed by atoms with E-state index in [0.717, 1.165) is 88.9 Å². The number of para-hydroxylation sites is 5. The number of hydrogen-bond donors (Lipinski definition) is 1. The van der Waals surface area contributed by atoms with E-state index in [1.807, 2.05) is 36.5 Å². The first kappa shape index (κ1) is 40.6. The molecule has 0 bridgehead atoms. The number of pyridine rings is 1. The van der Waals surface area contributed by atoms with Crippen LogP contribution in [0, 0.1) is 6.07 Å². The number of hydrogen-bond acceptors (Lipinski definition) is 3. The Hall–Kier alpha value is -8.11. The Labute approximate surface area is 396 Å². The number of fused-ring (bicyclic) bond motifs is 4. The van der Waals surface area contributed by atoms with E-state index in [-0.39, 0.29) is 26.8 Å². The molecule has 6 heteroatoms. The number of nitrogens with zero attached hydrogens (tertiary/aromatic N) is 4. The average molecular weight is 1030 g/mol. The fraction of sp³-hybridized carbons (Fsp3) is 0. The molecule has 0 aliphatic carbocycles. The van der Waals surface area contributed by atoms with Gasteiger partial charge in [0.05, 0.1) is 22.3 Å². The zero-order valence-corrected chi connectivity index (χ0v) is 37.8. The normalized spacial score (nSPS) is 11.3. The molecule has 0 radical (unpaired) electrons. The minimum atomic E-state index is 0. The van der Waals surface area contributed by atoms with Crippen molar-refractivity contribution in [2.24, 2.45) is 0 Å². The van der Waals surface area contributed by atoms with Gasteiger partial charge in [0.25, 0.3) is 0 Å². The van der Waals surface area contributed by atoms with Crippen LogP contribution in [-0.4, -0.2) is 24.2 Å². The number of aromatic nitrogens is 4. The zero-order valence-electron chi connectivity index (χ0n) is 35.5. The van der Waals surface area contributed by atoms with Crippen LogP contribution in [-0.2, 0) is 21.1 Å². The second-order valence-corrected chi connectivity index (χ2v) is 16.2. The van der Waals surface area contributed by atoms with Gasteiger partial charge in [-0.25, -0.2) is 4.98 Å². The van der Waals surface area contributed by atoms with Gasteiger partial charge in [-0.2, -0.15) is 0 Å². The molecule has 0 fully saturated rings. The van der Waals surface area contributed by atoms with Crippen LogP contribution in [0.3, 0.4) is 0 Å². The van der Waals surface area contributed by atoms with E-state index < -0.39 is 0 Å². The Morgan fingerprint density at radius 1 is 0.439 bits per heavy atom. The van der Waals surface area contributed by atoms with Gasteiger partial charge in [0, 0.05) is 49.7 Å². The molecule has 0 amide bonds. The van der Waals surface area contributed by atoms with E-state index in [0.29, 0.717) is 11.4 Å². The van der Waals surface area contributed by atoms with Crippen molar-refractivity contribution in [2.45, 2.75) is 0 Å². The van der Waals surface area contributed by atoms with E-state index >= 15 is 0 Å². The van der Waals surface area contributed by atoms with Gasteiger partial charge in [-0.3, -0.25) is 9.55 Å². The molecule has 1 N–H and O–H groups in total. The molecule has 5 nitrogen and oxygen atoms in total. The summed E-state index contributed by atoms with van der Waals surface area (Å²) in [7, 11) is 0. The molecule has 0 aliphatic heterocycles. The minimum absolute atomic E-state index is 0. The summed E-state index contributed by atoms with van der Waals surface area (Å²) in [4.78, 5) is 10.5. The van der Waals surface area contributed by atoms with E-state index in [2.05, 4.69) is 203 Å². The first-order valence-electron chi connectivity index (χ1n) is 21.8. The van der Waals surface area contributed by atoms with Crippen molar-refractivity contribution >= 4 is 32.8 Å². The predicted molar refractivity (Wildman–Crippen MR) is 266 cm³/mol. The Kier molecular flexibility index (Phi) is 10.5. The molecule has 0 aliphatic rings. The maximum Gasteiger partial charge on any atom is 0.148 e. The van der Waals surface area contributed by atoms with Gasteiger partial charge in [0.1, 0.15) is 11.6 Å². The second kappa shape index (κ2) is 17.1. The Morgan fingerprint density at radius 2 is 1.03 bits per heavy atom. The molecular weight excluding hydrogens is 988 g/mol. The maximum atomic E-state index is 11.5. The van der Waals surface area contributed by atoms with Crippen LogP contribution in [0.15, 0.2) is 231 Å². The third kappa shape index (κ3) is 7.02. The molecule has 9 aromatic carbocycles.